The minimum Gasteiger partial charge on any atom is -0.358 e. The fourth-order valence-electron chi connectivity index (χ4n) is 1.47. The van der Waals surface area contributed by atoms with Crippen LogP contribution in [0.25, 0.3) is 11.1 Å². The molecule has 2 rings (SSSR count). The molecule has 0 heterocycles. The van der Waals surface area contributed by atoms with Gasteiger partial charge in [-0.15, -0.1) is 0 Å². The molecule has 0 saturated heterocycles. The molecule has 0 unspecified atom stereocenters. The molecule has 0 atom stereocenters. The number of carbonyl (C=O) groups excluding carboxylic acids is 1. The first-order valence-electron chi connectivity index (χ1n) is 5.29. The van der Waals surface area contributed by atoms with Gasteiger partial charge < -0.3 is 4.18 Å². The van der Waals surface area contributed by atoms with Gasteiger partial charge in [0.05, 0.1) is 0 Å². The van der Waals surface area contributed by atoms with Crippen LogP contribution in [0, 0.1) is 5.41 Å². The first-order valence-corrected chi connectivity index (χ1v) is 6.60. The highest BCUT2D eigenvalue weighted by molar-refractivity contribution is 7.81. The number of benzene rings is 2. The lowest BCUT2D eigenvalue weighted by molar-refractivity contribution is 0.440. The average Bonchev–Trinajstić information content (AvgIpc) is 2.39. The van der Waals surface area contributed by atoms with Crippen molar-refractivity contribution >= 4 is 16.6 Å². The van der Waals surface area contributed by atoms with E-state index in [1.54, 1.807) is 12.1 Å². The van der Waals surface area contributed by atoms with E-state index in [0.29, 0.717) is 0 Å². The largest absolute Gasteiger partial charge is 0.488 e. The zero-order valence-corrected chi connectivity index (χ0v) is 10.9. The van der Waals surface area contributed by atoms with E-state index < -0.39 is 10.5 Å². The third-order valence-electron chi connectivity index (χ3n) is 2.14. The third kappa shape index (κ3) is 5.43. The fraction of sp³-hybridized carbons (Fsp3) is 0. The minimum atomic E-state index is -4.98. The van der Waals surface area contributed by atoms with Crippen molar-refractivity contribution in [2.45, 2.75) is 0 Å². The second-order valence-corrected chi connectivity index (χ2v) is 4.43. The first-order chi connectivity index (χ1) is 9.46. The Morgan fingerprint density at radius 3 is 2.10 bits per heavy atom. The predicted molar refractivity (Wildman–Crippen MR) is 70.9 cm³/mol. The number of rotatable bonds is 3. The van der Waals surface area contributed by atoms with Crippen molar-refractivity contribution in [2.24, 2.45) is 0 Å². The highest BCUT2D eigenvalue weighted by Crippen LogP contribution is 2.24. The van der Waals surface area contributed by atoms with E-state index in [1.165, 1.54) is 12.1 Å². The molecule has 5 nitrogen and oxygen atoms in total. The molecular weight excluding hydrogens is 285 g/mol. The lowest BCUT2D eigenvalue weighted by Gasteiger charge is -2.04. The van der Waals surface area contributed by atoms with Crippen LogP contribution in [0.15, 0.2) is 54.6 Å². The summed E-state index contributed by atoms with van der Waals surface area (Å²) in [5.41, 5.74) is 1.65. The van der Waals surface area contributed by atoms with E-state index in [0.717, 1.165) is 17.2 Å². The van der Waals surface area contributed by atoms with E-state index >= 15 is 0 Å². The van der Waals surface area contributed by atoms with Gasteiger partial charge in [0.2, 0.25) is 6.08 Å². The van der Waals surface area contributed by atoms with Gasteiger partial charge in [-0.3, -0.25) is 0 Å². The summed E-state index contributed by atoms with van der Waals surface area (Å²) in [6.45, 7) is 0. The molecule has 0 aliphatic carbocycles. The number of hydrogen-bond acceptors (Lipinski definition) is 5. The van der Waals surface area contributed by atoms with Crippen molar-refractivity contribution in [3.05, 3.63) is 54.6 Å². The van der Waals surface area contributed by atoms with Crippen LogP contribution in [-0.2, 0) is 15.3 Å². The normalized spacial score (nSPS) is 9.85. The Morgan fingerprint density at radius 1 is 1.00 bits per heavy atom. The van der Waals surface area contributed by atoms with Gasteiger partial charge in [-0.1, -0.05) is 46.4 Å². The Labute approximate surface area is 115 Å². The summed E-state index contributed by atoms with van der Waals surface area (Å²) >= 11 is 0. The maximum absolute atomic E-state index is 12.4. The van der Waals surface area contributed by atoms with Gasteiger partial charge in [-0.25, -0.2) is 10.2 Å². The predicted octanol–water partition coefficient (Wildman–Crippen LogP) is 2.85. The lowest BCUT2D eigenvalue weighted by Crippen LogP contribution is -2.00. The van der Waals surface area contributed by atoms with Crippen molar-refractivity contribution in [1.29, 1.82) is 5.41 Å². The van der Waals surface area contributed by atoms with Crippen molar-refractivity contribution in [3.8, 4) is 16.9 Å². The molecule has 0 aromatic heterocycles. The summed E-state index contributed by atoms with van der Waals surface area (Å²) in [5.74, 6) is -0.0474. The quantitative estimate of drug-likeness (QED) is 0.536. The Balaban J connectivity index is 0.000000612. The molecule has 0 spiro atoms. The van der Waals surface area contributed by atoms with Crippen LogP contribution in [0.3, 0.4) is 0 Å². The molecule has 104 valence electrons. The minimum absolute atomic E-state index is 0.0474. The summed E-state index contributed by atoms with van der Waals surface area (Å²) < 4.78 is 37.2. The first kappa shape index (κ1) is 15.6. The Morgan fingerprint density at radius 2 is 1.55 bits per heavy atom. The number of halogens is 1. The van der Waals surface area contributed by atoms with Crippen LogP contribution in [0.5, 0.6) is 5.75 Å². The molecule has 20 heavy (non-hydrogen) atoms. The van der Waals surface area contributed by atoms with Gasteiger partial charge in [0.1, 0.15) is 5.75 Å². The average molecular weight is 295 g/mol. The molecule has 0 amide bonds. The second-order valence-electron chi connectivity index (χ2n) is 3.47. The molecule has 0 radical (unpaired) electrons. The lowest BCUT2D eigenvalue weighted by atomic mass is 10.1. The number of isocyanates is 1. The van der Waals surface area contributed by atoms with Gasteiger partial charge in [0.15, 0.2) is 0 Å². The number of nitrogens with one attached hydrogen (secondary N) is 1. The van der Waals surface area contributed by atoms with Crippen molar-refractivity contribution in [2.75, 3.05) is 0 Å². The molecule has 1 N–H and O–H groups in total. The monoisotopic (exact) mass is 295 g/mol. The third-order valence-corrected chi connectivity index (χ3v) is 2.53. The molecule has 2 aromatic rings. The van der Waals surface area contributed by atoms with Crippen LogP contribution in [0.2, 0.25) is 0 Å². The zero-order chi connectivity index (χ0) is 15.0. The molecule has 2 aromatic carbocycles. The summed E-state index contributed by atoms with van der Waals surface area (Å²) in [5, 5.41) is 5.40. The van der Waals surface area contributed by atoms with Gasteiger partial charge in [-0.05, 0) is 23.3 Å². The maximum atomic E-state index is 12.4. The topological polar surface area (TPSA) is 84.3 Å². The standard InChI is InChI=1S/C12H9FO3S.CHNO/c13-17(14,15)16-12-8-4-7-11(9-12)10-5-2-1-3-6-10;2-1-3/h1-9H;2H. The van der Waals surface area contributed by atoms with Gasteiger partial charge >= 0.3 is 10.5 Å². The van der Waals surface area contributed by atoms with Crippen molar-refractivity contribution in [1.82, 2.24) is 0 Å². The smallest absolute Gasteiger partial charge is 0.358 e. The van der Waals surface area contributed by atoms with Crippen LogP contribution in [0.1, 0.15) is 0 Å². The molecule has 0 aliphatic rings. The van der Waals surface area contributed by atoms with Crippen LogP contribution >= 0.6 is 0 Å². The molecule has 0 bridgehead atoms. The highest BCUT2D eigenvalue weighted by Gasteiger charge is 2.09. The van der Waals surface area contributed by atoms with Gasteiger partial charge in [-0.2, -0.15) is 8.42 Å². The van der Waals surface area contributed by atoms with Crippen LogP contribution in [0.4, 0.5) is 3.89 Å². The molecule has 7 heteroatoms. The van der Waals surface area contributed by atoms with Crippen LogP contribution in [-0.4, -0.2) is 14.5 Å². The van der Waals surface area contributed by atoms with E-state index in [4.69, 9.17) is 10.2 Å². The summed E-state index contributed by atoms with van der Waals surface area (Å²) in [6.07, 6.45) is 0.750. The molecule has 0 saturated carbocycles. The second kappa shape index (κ2) is 7.18. The highest BCUT2D eigenvalue weighted by atomic mass is 32.3. The van der Waals surface area contributed by atoms with Crippen LogP contribution < -0.4 is 4.18 Å². The summed E-state index contributed by atoms with van der Waals surface area (Å²) in [4.78, 5) is 8.35. The Bertz CT molecular complexity index is 695. The summed E-state index contributed by atoms with van der Waals surface area (Å²) in [7, 11) is -4.98. The zero-order valence-electron chi connectivity index (χ0n) is 10.1. The van der Waals surface area contributed by atoms with E-state index in [1.807, 2.05) is 30.3 Å². The Kier molecular flexibility index (Phi) is 5.58. The SMILES string of the molecule is N=C=O.O=S(=O)(F)Oc1cccc(-c2ccccc2)c1. The fourth-order valence-corrected chi connectivity index (χ4v) is 1.81. The van der Waals surface area contributed by atoms with Gasteiger partial charge in [0, 0.05) is 0 Å². The molecule has 0 aliphatic heterocycles. The Hall–Kier alpha value is -2.50. The van der Waals surface area contributed by atoms with E-state index in [2.05, 4.69) is 4.18 Å². The maximum Gasteiger partial charge on any atom is 0.488 e. The van der Waals surface area contributed by atoms with Gasteiger partial charge in [0.25, 0.3) is 0 Å². The van der Waals surface area contributed by atoms with E-state index in [9.17, 15) is 12.3 Å². The van der Waals surface area contributed by atoms with Crippen molar-refractivity contribution < 1.29 is 21.3 Å². The van der Waals surface area contributed by atoms with E-state index in [-0.39, 0.29) is 5.75 Å². The van der Waals surface area contributed by atoms with Crippen molar-refractivity contribution in [3.63, 3.8) is 0 Å². The molecule has 0 fully saturated rings. The number of hydrogen-bond donors (Lipinski definition) is 1. The molecular formula is C13H10FNO4S. The summed E-state index contributed by atoms with van der Waals surface area (Å²) in [6, 6.07) is 15.5.